The molecule has 0 unspecified atom stereocenters. The van der Waals surface area contributed by atoms with Crippen LogP contribution >= 0.6 is 0 Å². The molecule has 0 saturated carbocycles. The molecule has 0 spiro atoms. The quantitative estimate of drug-likeness (QED) is 0.554. The van der Waals surface area contributed by atoms with Gasteiger partial charge >= 0.3 is 7.48 Å². The lowest BCUT2D eigenvalue weighted by Gasteiger charge is -2.03. The first-order valence-corrected chi connectivity index (χ1v) is 3.37. The topological polar surface area (TPSA) is 64.5 Å². The van der Waals surface area contributed by atoms with Crippen molar-refractivity contribution in [2.75, 3.05) is 14.2 Å². The SMILES string of the molecule is COc1cc(BO)c(OC)nn1. The van der Waals surface area contributed by atoms with E-state index in [0.29, 0.717) is 17.2 Å². The van der Waals surface area contributed by atoms with Crippen molar-refractivity contribution in [2.45, 2.75) is 0 Å². The first-order chi connectivity index (χ1) is 5.81. The molecule has 0 amide bonds. The van der Waals surface area contributed by atoms with E-state index in [1.54, 1.807) is 6.07 Å². The largest absolute Gasteiger partial charge is 0.480 e. The Bertz CT molecular complexity index is 269. The van der Waals surface area contributed by atoms with Crippen molar-refractivity contribution in [1.29, 1.82) is 0 Å². The highest BCUT2D eigenvalue weighted by Gasteiger charge is 2.07. The maximum absolute atomic E-state index is 8.87. The van der Waals surface area contributed by atoms with Gasteiger partial charge in [0.15, 0.2) is 0 Å². The highest BCUT2D eigenvalue weighted by Crippen LogP contribution is 2.05. The van der Waals surface area contributed by atoms with E-state index in [1.165, 1.54) is 14.2 Å². The number of hydrogen-bond acceptors (Lipinski definition) is 5. The van der Waals surface area contributed by atoms with Crippen LogP contribution in [0.4, 0.5) is 0 Å². The average molecular weight is 168 g/mol. The van der Waals surface area contributed by atoms with Gasteiger partial charge in [0.2, 0.25) is 11.8 Å². The Kier molecular flexibility index (Phi) is 2.87. The molecule has 12 heavy (non-hydrogen) atoms. The van der Waals surface area contributed by atoms with Crippen LogP contribution in [0.5, 0.6) is 11.8 Å². The predicted molar refractivity (Wildman–Crippen MR) is 44.1 cm³/mol. The first kappa shape index (κ1) is 8.80. The van der Waals surface area contributed by atoms with Crippen LogP contribution in [0.3, 0.4) is 0 Å². The average Bonchev–Trinajstić information content (AvgIpc) is 2.16. The fourth-order valence-corrected chi connectivity index (χ4v) is 0.784. The first-order valence-electron chi connectivity index (χ1n) is 3.37. The van der Waals surface area contributed by atoms with Crippen molar-refractivity contribution in [2.24, 2.45) is 0 Å². The summed E-state index contributed by atoms with van der Waals surface area (Å²) >= 11 is 0. The minimum atomic E-state index is -0.144. The lowest BCUT2D eigenvalue weighted by atomic mass is 9.90. The summed E-state index contributed by atoms with van der Waals surface area (Å²) in [6, 6.07) is 1.58. The van der Waals surface area contributed by atoms with E-state index in [2.05, 4.69) is 10.2 Å². The van der Waals surface area contributed by atoms with Gasteiger partial charge in [0.05, 0.1) is 14.2 Å². The van der Waals surface area contributed by atoms with Crippen molar-refractivity contribution in [1.82, 2.24) is 10.2 Å². The zero-order valence-corrected chi connectivity index (χ0v) is 6.94. The molecular formula is C6H9BN2O3. The minimum Gasteiger partial charge on any atom is -0.480 e. The van der Waals surface area contributed by atoms with Crippen LogP contribution in [0.1, 0.15) is 0 Å². The summed E-state index contributed by atoms with van der Waals surface area (Å²) in [5.41, 5.74) is 0.560. The lowest BCUT2D eigenvalue weighted by Crippen LogP contribution is -2.18. The van der Waals surface area contributed by atoms with Gasteiger partial charge in [-0.2, -0.15) is 0 Å². The summed E-state index contributed by atoms with van der Waals surface area (Å²) < 4.78 is 9.66. The third-order valence-electron chi connectivity index (χ3n) is 1.38. The maximum atomic E-state index is 8.87. The van der Waals surface area contributed by atoms with E-state index in [0.717, 1.165) is 0 Å². The summed E-state index contributed by atoms with van der Waals surface area (Å²) in [4.78, 5) is 0. The molecule has 0 aliphatic rings. The van der Waals surface area contributed by atoms with Crippen LogP contribution in [0.15, 0.2) is 6.07 Å². The van der Waals surface area contributed by atoms with Crippen molar-refractivity contribution in [3.8, 4) is 11.8 Å². The second-order valence-corrected chi connectivity index (χ2v) is 2.08. The Hall–Kier alpha value is -1.30. The van der Waals surface area contributed by atoms with Crippen LogP contribution in [0.2, 0.25) is 0 Å². The summed E-state index contributed by atoms with van der Waals surface area (Å²) in [5, 5.41) is 16.2. The third-order valence-corrected chi connectivity index (χ3v) is 1.38. The smallest absolute Gasteiger partial charge is 0.310 e. The lowest BCUT2D eigenvalue weighted by molar-refractivity contribution is 0.370. The summed E-state index contributed by atoms with van der Waals surface area (Å²) in [6.45, 7) is 0. The number of methoxy groups -OCH3 is 2. The molecule has 1 rings (SSSR count). The van der Waals surface area contributed by atoms with E-state index in [1.807, 2.05) is 0 Å². The summed E-state index contributed by atoms with van der Waals surface area (Å²) in [6.07, 6.45) is 0. The van der Waals surface area contributed by atoms with Gasteiger partial charge in [-0.25, -0.2) is 0 Å². The number of ether oxygens (including phenoxy) is 2. The fraction of sp³-hybridized carbons (Fsp3) is 0.333. The molecule has 1 heterocycles. The highest BCUT2D eigenvalue weighted by molar-refractivity contribution is 6.46. The minimum absolute atomic E-state index is 0.144. The van der Waals surface area contributed by atoms with Gasteiger partial charge in [0, 0.05) is 11.5 Å². The van der Waals surface area contributed by atoms with Crippen LogP contribution in [-0.2, 0) is 0 Å². The van der Waals surface area contributed by atoms with Gasteiger partial charge in [-0.15, -0.1) is 10.2 Å². The predicted octanol–water partition coefficient (Wildman–Crippen LogP) is -1.54. The molecule has 0 aliphatic heterocycles. The van der Waals surface area contributed by atoms with Gasteiger partial charge in [-0.05, 0) is 0 Å². The zero-order valence-electron chi connectivity index (χ0n) is 6.94. The zero-order chi connectivity index (χ0) is 8.97. The van der Waals surface area contributed by atoms with Crippen LogP contribution < -0.4 is 14.9 Å². The Balaban J connectivity index is 3.02. The molecule has 1 aromatic heterocycles. The van der Waals surface area contributed by atoms with Crippen molar-refractivity contribution >= 4 is 12.9 Å². The second kappa shape index (κ2) is 3.92. The van der Waals surface area contributed by atoms with Gasteiger partial charge in [-0.3, -0.25) is 0 Å². The van der Waals surface area contributed by atoms with Gasteiger partial charge in [-0.1, -0.05) is 0 Å². The van der Waals surface area contributed by atoms with E-state index in [9.17, 15) is 0 Å². The van der Waals surface area contributed by atoms with Crippen LogP contribution in [-0.4, -0.2) is 36.9 Å². The number of aromatic nitrogens is 2. The monoisotopic (exact) mass is 168 g/mol. The standard InChI is InChI=1S/C6H9BN2O3/c1-11-5-3-4(7-10)6(12-2)9-8-5/h3,7,10H,1-2H3. The molecule has 64 valence electrons. The Morgan fingerprint density at radius 1 is 1.33 bits per heavy atom. The summed E-state index contributed by atoms with van der Waals surface area (Å²) in [5.74, 6) is 0.679. The Labute approximate surface area is 70.6 Å². The molecule has 0 atom stereocenters. The number of hydrogen-bond donors (Lipinski definition) is 1. The van der Waals surface area contributed by atoms with E-state index in [-0.39, 0.29) is 7.48 Å². The van der Waals surface area contributed by atoms with E-state index >= 15 is 0 Å². The molecule has 6 heteroatoms. The van der Waals surface area contributed by atoms with E-state index < -0.39 is 0 Å². The molecule has 0 radical (unpaired) electrons. The van der Waals surface area contributed by atoms with E-state index in [4.69, 9.17) is 14.5 Å². The molecule has 5 nitrogen and oxygen atoms in total. The molecule has 0 aromatic carbocycles. The van der Waals surface area contributed by atoms with Gasteiger partial charge in [0.1, 0.15) is 0 Å². The van der Waals surface area contributed by atoms with Crippen LogP contribution in [0, 0.1) is 0 Å². The molecular weight excluding hydrogens is 159 g/mol. The second-order valence-electron chi connectivity index (χ2n) is 2.08. The number of nitrogens with zero attached hydrogens (tertiary/aromatic N) is 2. The van der Waals surface area contributed by atoms with Crippen molar-refractivity contribution in [3.63, 3.8) is 0 Å². The van der Waals surface area contributed by atoms with Gasteiger partial charge < -0.3 is 14.5 Å². The van der Waals surface area contributed by atoms with Gasteiger partial charge in [0.25, 0.3) is 0 Å². The van der Waals surface area contributed by atoms with Crippen LogP contribution in [0.25, 0.3) is 0 Å². The maximum Gasteiger partial charge on any atom is 0.310 e. The molecule has 0 bridgehead atoms. The summed E-state index contributed by atoms with van der Waals surface area (Å²) in [7, 11) is 2.81. The Morgan fingerprint density at radius 2 is 2.08 bits per heavy atom. The molecule has 1 N–H and O–H groups in total. The molecule has 1 aromatic rings. The highest BCUT2D eigenvalue weighted by atomic mass is 16.5. The molecule has 0 saturated heterocycles. The van der Waals surface area contributed by atoms with Crippen molar-refractivity contribution in [3.05, 3.63) is 6.07 Å². The van der Waals surface area contributed by atoms with Crippen molar-refractivity contribution < 1.29 is 14.5 Å². The normalized spacial score (nSPS) is 9.25. The Morgan fingerprint density at radius 3 is 2.58 bits per heavy atom. The molecule has 0 fully saturated rings. The third kappa shape index (κ3) is 1.65. The fourth-order valence-electron chi connectivity index (χ4n) is 0.784. The molecule has 0 aliphatic carbocycles. The number of rotatable bonds is 3.